The van der Waals surface area contributed by atoms with Gasteiger partial charge in [-0.2, -0.15) is 18.2 Å². The molecule has 0 amide bonds. The third-order valence-corrected chi connectivity index (χ3v) is 8.42. The fraction of sp³-hybridized carbons (Fsp3) is 0.282. The Bertz CT molecular complexity index is 1740. The maximum Gasteiger partial charge on any atom is 0.225 e. The number of ketones is 1. The van der Waals surface area contributed by atoms with Crippen LogP contribution in [0.5, 0.6) is 11.6 Å². The molecule has 0 fully saturated rings. The molecule has 1 aromatic heterocycles. The second kappa shape index (κ2) is 14.8. The Balaban J connectivity index is 0.000000286. The third-order valence-electron chi connectivity index (χ3n) is 8.42. The van der Waals surface area contributed by atoms with Crippen molar-refractivity contribution in [1.82, 2.24) is 4.98 Å². The number of ether oxygens (including phenoxy) is 1. The van der Waals surface area contributed by atoms with E-state index in [4.69, 9.17) is 4.74 Å². The molecule has 0 saturated carbocycles. The topological polar surface area (TPSA) is 59.4 Å². The number of allylic oxidation sites excluding steroid dienone is 2. The van der Waals surface area contributed by atoms with E-state index in [0.717, 1.165) is 34.6 Å². The van der Waals surface area contributed by atoms with E-state index in [1.54, 1.807) is 0 Å². The number of aliphatic hydroxyl groups excluding tert-OH is 1. The molecule has 5 aromatic rings. The summed E-state index contributed by atoms with van der Waals surface area (Å²) in [6.07, 6.45) is 4.86. The fourth-order valence-electron chi connectivity index (χ4n) is 4.48. The van der Waals surface area contributed by atoms with Crippen LogP contribution in [0.4, 0.5) is 0 Å². The molecule has 1 N–H and O–H groups in total. The maximum absolute atomic E-state index is 11.8. The smallest absolute Gasteiger partial charge is 0.225 e. The van der Waals surface area contributed by atoms with Gasteiger partial charge in [-0.05, 0) is 58.7 Å². The van der Waals surface area contributed by atoms with Crippen molar-refractivity contribution in [3.8, 4) is 22.8 Å². The third kappa shape index (κ3) is 8.02. The van der Waals surface area contributed by atoms with Crippen LogP contribution in [0.25, 0.3) is 32.7 Å². The first-order valence-corrected chi connectivity index (χ1v) is 14.9. The summed E-state index contributed by atoms with van der Waals surface area (Å²) < 4.78 is 6.10. The van der Waals surface area contributed by atoms with Crippen LogP contribution in [0.3, 0.4) is 0 Å². The van der Waals surface area contributed by atoms with Crippen LogP contribution in [-0.2, 0) is 24.9 Å². The van der Waals surface area contributed by atoms with E-state index < -0.39 is 0 Å². The van der Waals surface area contributed by atoms with E-state index >= 15 is 0 Å². The molecule has 0 atom stereocenters. The minimum absolute atomic E-state index is 0. The summed E-state index contributed by atoms with van der Waals surface area (Å²) in [6, 6.07) is 32.0. The molecule has 44 heavy (non-hydrogen) atoms. The van der Waals surface area contributed by atoms with E-state index in [-0.39, 0.29) is 42.5 Å². The zero-order valence-electron chi connectivity index (χ0n) is 26.7. The maximum atomic E-state index is 11.8. The summed E-state index contributed by atoms with van der Waals surface area (Å²) in [4.78, 5) is 16.4. The molecule has 4 nitrogen and oxygen atoms in total. The van der Waals surface area contributed by atoms with Gasteiger partial charge >= 0.3 is 0 Å². The molecule has 0 unspecified atom stereocenters. The van der Waals surface area contributed by atoms with Crippen LogP contribution >= 0.6 is 0 Å². The summed E-state index contributed by atoms with van der Waals surface area (Å²) in [7, 11) is 0. The molecule has 0 bridgehead atoms. The number of aliphatic hydroxyl groups is 1. The van der Waals surface area contributed by atoms with E-state index in [1.165, 1.54) is 22.6 Å². The molecular formula is C39H42IrNO3-. The number of fused-ring (bicyclic) bond motifs is 3. The SMILES string of the molecule is CCC(C)(C)C(=O)/C=C(\O)C(C)(C)CC.Cc1cnc(Oc2[c-]cccc2)c2c1ccc1cc(-c3ccccc3)ccc12.[Ir]. The Hall–Kier alpha value is -3.79. The van der Waals surface area contributed by atoms with Gasteiger partial charge in [-0.3, -0.25) is 4.79 Å². The zero-order valence-corrected chi connectivity index (χ0v) is 29.1. The van der Waals surface area contributed by atoms with E-state index in [2.05, 4.69) is 72.6 Å². The Morgan fingerprint density at radius 3 is 2.16 bits per heavy atom. The fourth-order valence-corrected chi connectivity index (χ4v) is 4.48. The zero-order chi connectivity index (χ0) is 31.2. The van der Waals surface area contributed by atoms with Crippen molar-refractivity contribution in [2.75, 3.05) is 0 Å². The average molecular weight is 765 g/mol. The molecule has 0 spiro atoms. The van der Waals surface area contributed by atoms with Crippen LogP contribution in [-0.4, -0.2) is 15.9 Å². The van der Waals surface area contributed by atoms with Gasteiger partial charge in [-0.25, -0.2) is 4.98 Å². The van der Waals surface area contributed by atoms with E-state index in [1.807, 2.05) is 78.1 Å². The quantitative estimate of drug-likeness (QED) is 0.0740. The van der Waals surface area contributed by atoms with Crippen molar-refractivity contribution >= 4 is 27.3 Å². The average Bonchev–Trinajstić information content (AvgIpc) is 3.03. The molecule has 231 valence electrons. The Morgan fingerprint density at radius 1 is 0.864 bits per heavy atom. The van der Waals surface area contributed by atoms with Gasteiger partial charge in [0.15, 0.2) is 5.78 Å². The molecule has 0 aliphatic rings. The molecule has 4 aromatic carbocycles. The second-order valence-corrected chi connectivity index (χ2v) is 12.2. The predicted octanol–water partition coefficient (Wildman–Crippen LogP) is 10.8. The van der Waals surface area contributed by atoms with Crippen molar-refractivity contribution < 1.29 is 34.7 Å². The largest absolute Gasteiger partial charge is 0.512 e. The molecule has 0 aliphatic heterocycles. The van der Waals surface area contributed by atoms with Gasteiger partial charge in [0, 0.05) is 49.0 Å². The van der Waals surface area contributed by atoms with Crippen LogP contribution in [0.15, 0.2) is 103 Å². The minimum Gasteiger partial charge on any atom is -0.512 e. The Morgan fingerprint density at radius 2 is 1.52 bits per heavy atom. The molecular weight excluding hydrogens is 723 g/mol. The van der Waals surface area contributed by atoms with Crippen molar-refractivity contribution in [3.63, 3.8) is 0 Å². The number of para-hydroxylation sites is 1. The number of pyridine rings is 1. The minimum atomic E-state index is -0.377. The van der Waals surface area contributed by atoms with Crippen molar-refractivity contribution in [2.45, 2.75) is 61.3 Å². The van der Waals surface area contributed by atoms with Crippen molar-refractivity contribution in [2.24, 2.45) is 10.8 Å². The summed E-state index contributed by atoms with van der Waals surface area (Å²) in [6.45, 7) is 13.7. The number of carbonyl (C=O) groups excluding carboxylic acids is 1. The Labute approximate surface area is 275 Å². The number of aryl methyl sites for hydroxylation is 1. The van der Waals surface area contributed by atoms with Gasteiger partial charge in [0.05, 0.1) is 5.39 Å². The molecule has 0 saturated heterocycles. The number of hydrogen-bond donors (Lipinski definition) is 1. The Kier molecular flexibility index (Phi) is 11.7. The summed E-state index contributed by atoms with van der Waals surface area (Å²) in [5, 5.41) is 14.3. The van der Waals surface area contributed by atoms with Crippen LogP contribution in [0, 0.1) is 23.8 Å². The first kappa shape index (κ1) is 34.7. The molecule has 0 aliphatic carbocycles. The van der Waals surface area contributed by atoms with E-state index in [9.17, 15) is 9.90 Å². The number of benzene rings is 4. The molecule has 1 radical (unpaired) electrons. The van der Waals surface area contributed by atoms with Gasteiger partial charge in [0.1, 0.15) is 5.76 Å². The van der Waals surface area contributed by atoms with Gasteiger partial charge < -0.3 is 9.84 Å². The van der Waals surface area contributed by atoms with Gasteiger partial charge in [-0.15, -0.1) is 12.1 Å². The van der Waals surface area contributed by atoms with Gasteiger partial charge in [-0.1, -0.05) is 96.1 Å². The van der Waals surface area contributed by atoms with Crippen LogP contribution in [0.1, 0.15) is 59.9 Å². The first-order valence-electron chi connectivity index (χ1n) is 14.9. The number of hydrogen-bond acceptors (Lipinski definition) is 4. The second-order valence-electron chi connectivity index (χ2n) is 12.2. The van der Waals surface area contributed by atoms with Crippen molar-refractivity contribution in [3.05, 3.63) is 115 Å². The monoisotopic (exact) mass is 765 g/mol. The van der Waals surface area contributed by atoms with Gasteiger partial charge in [0.2, 0.25) is 5.88 Å². The number of rotatable bonds is 8. The molecule has 5 rings (SSSR count). The molecule has 1 heterocycles. The van der Waals surface area contributed by atoms with Gasteiger partial charge in [0.25, 0.3) is 0 Å². The number of carbonyl (C=O) groups is 1. The number of nitrogens with zero attached hydrogens (tertiary/aromatic N) is 1. The predicted molar refractivity (Wildman–Crippen MR) is 179 cm³/mol. The molecule has 5 heteroatoms. The summed E-state index contributed by atoms with van der Waals surface area (Å²) >= 11 is 0. The van der Waals surface area contributed by atoms with Crippen LogP contribution < -0.4 is 4.74 Å². The summed E-state index contributed by atoms with van der Waals surface area (Å²) in [5.41, 5.74) is 2.86. The first-order chi connectivity index (χ1) is 20.5. The standard InChI is InChI=1S/C26H18NO.C13H24O2.Ir/c1-18-17-27-26(28-22-10-6-3-7-11-22)25-23(18)14-13-21-16-20(12-15-24(21)25)19-8-4-2-5-9-19;1-7-12(3,4)10(14)9-11(15)13(5,6)8-2;/h2-10,12-17H,1H3;9,14H,7-8H2,1-6H3;/q-1;;/b;10-9-;. The van der Waals surface area contributed by atoms with Crippen molar-refractivity contribution in [1.29, 1.82) is 0 Å². The van der Waals surface area contributed by atoms with Crippen LogP contribution in [0.2, 0.25) is 0 Å². The normalized spacial score (nSPS) is 11.8. The number of aromatic nitrogens is 1. The summed E-state index contributed by atoms with van der Waals surface area (Å²) in [5.74, 6) is 1.47. The van der Waals surface area contributed by atoms with E-state index in [0.29, 0.717) is 11.6 Å².